The largest absolute Gasteiger partial charge is 0.387 e. The lowest BCUT2D eigenvalue weighted by atomic mass is 9.92. The standard InChI is InChI=1S/C16H27NO/c1-5-11-17-15(12(3)4)16(18)14-9-7-13(6-2)8-10-14/h7-10,12,15-18H,5-6,11H2,1-4H3. The fourth-order valence-corrected chi connectivity index (χ4v) is 2.18. The molecule has 0 bridgehead atoms. The number of nitrogens with one attached hydrogen (secondary N) is 1. The van der Waals surface area contributed by atoms with Crippen molar-refractivity contribution in [2.75, 3.05) is 6.54 Å². The third-order valence-corrected chi connectivity index (χ3v) is 3.42. The van der Waals surface area contributed by atoms with E-state index in [1.807, 2.05) is 12.1 Å². The molecule has 0 heterocycles. The van der Waals surface area contributed by atoms with Crippen LogP contribution in [0.2, 0.25) is 0 Å². The van der Waals surface area contributed by atoms with E-state index in [0.29, 0.717) is 5.92 Å². The van der Waals surface area contributed by atoms with Crippen LogP contribution < -0.4 is 5.32 Å². The first-order valence-corrected chi connectivity index (χ1v) is 7.10. The minimum Gasteiger partial charge on any atom is -0.387 e. The Morgan fingerprint density at radius 2 is 1.72 bits per heavy atom. The van der Waals surface area contributed by atoms with Crippen LogP contribution in [0.15, 0.2) is 24.3 Å². The predicted octanol–water partition coefficient (Wildman–Crippen LogP) is 3.31. The van der Waals surface area contributed by atoms with E-state index in [1.54, 1.807) is 0 Å². The van der Waals surface area contributed by atoms with Gasteiger partial charge in [-0.3, -0.25) is 0 Å². The zero-order valence-electron chi connectivity index (χ0n) is 12.1. The molecule has 0 saturated carbocycles. The van der Waals surface area contributed by atoms with Crippen LogP contribution in [0.3, 0.4) is 0 Å². The monoisotopic (exact) mass is 249 g/mol. The average molecular weight is 249 g/mol. The average Bonchev–Trinajstić information content (AvgIpc) is 2.38. The second kappa shape index (κ2) is 7.55. The Kier molecular flexibility index (Phi) is 6.37. The van der Waals surface area contributed by atoms with Gasteiger partial charge in [0.25, 0.3) is 0 Å². The highest BCUT2D eigenvalue weighted by atomic mass is 16.3. The lowest BCUT2D eigenvalue weighted by Crippen LogP contribution is -2.39. The molecule has 0 fully saturated rings. The number of rotatable bonds is 7. The quantitative estimate of drug-likeness (QED) is 0.777. The Balaban J connectivity index is 2.77. The topological polar surface area (TPSA) is 32.3 Å². The molecule has 0 saturated heterocycles. The third kappa shape index (κ3) is 4.11. The van der Waals surface area contributed by atoms with Crippen molar-refractivity contribution in [3.8, 4) is 0 Å². The van der Waals surface area contributed by atoms with E-state index in [0.717, 1.165) is 24.9 Å². The molecular formula is C16H27NO. The molecule has 1 aromatic rings. The summed E-state index contributed by atoms with van der Waals surface area (Å²) in [5, 5.41) is 13.9. The highest BCUT2D eigenvalue weighted by Gasteiger charge is 2.23. The number of aliphatic hydroxyl groups excluding tert-OH is 1. The van der Waals surface area contributed by atoms with Gasteiger partial charge >= 0.3 is 0 Å². The van der Waals surface area contributed by atoms with Crippen LogP contribution in [0.5, 0.6) is 0 Å². The van der Waals surface area contributed by atoms with Gasteiger partial charge in [0.2, 0.25) is 0 Å². The van der Waals surface area contributed by atoms with Crippen LogP contribution in [-0.4, -0.2) is 17.7 Å². The molecule has 2 atom stereocenters. The summed E-state index contributed by atoms with van der Waals surface area (Å²) < 4.78 is 0. The number of hydrogen-bond acceptors (Lipinski definition) is 2. The maximum Gasteiger partial charge on any atom is 0.0945 e. The molecule has 1 aromatic carbocycles. The Morgan fingerprint density at radius 3 is 2.17 bits per heavy atom. The molecule has 0 aliphatic rings. The molecule has 2 unspecified atom stereocenters. The number of benzene rings is 1. The normalized spacial score (nSPS) is 14.8. The van der Waals surface area contributed by atoms with Crippen molar-refractivity contribution in [2.24, 2.45) is 5.92 Å². The number of hydrogen-bond donors (Lipinski definition) is 2. The molecule has 2 N–H and O–H groups in total. The molecule has 18 heavy (non-hydrogen) atoms. The van der Waals surface area contributed by atoms with Crippen molar-refractivity contribution in [2.45, 2.75) is 52.7 Å². The molecule has 2 heteroatoms. The maximum atomic E-state index is 10.5. The van der Waals surface area contributed by atoms with E-state index in [1.165, 1.54) is 5.56 Å². The Hall–Kier alpha value is -0.860. The molecule has 0 radical (unpaired) electrons. The van der Waals surface area contributed by atoms with Gasteiger partial charge in [-0.1, -0.05) is 52.0 Å². The second-order valence-corrected chi connectivity index (χ2v) is 5.26. The lowest BCUT2D eigenvalue weighted by Gasteiger charge is -2.28. The van der Waals surface area contributed by atoms with Gasteiger partial charge in [-0.2, -0.15) is 0 Å². The lowest BCUT2D eigenvalue weighted by molar-refractivity contribution is 0.105. The fourth-order valence-electron chi connectivity index (χ4n) is 2.18. The first kappa shape index (κ1) is 15.2. The summed E-state index contributed by atoms with van der Waals surface area (Å²) in [4.78, 5) is 0. The molecule has 0 aliphatic carbocycles. The molecule has 0 amide bonds. The molecule has 0 aromatic heterocycles. The van der Waals surface area contributed by atoms with Gasteiger partial charge in [-0.25, -0.2) is 0 Å². The van der Waals surface area contributed by atoms with Crippen LogP contribution in [-0.2, 0) is 6.42 Å². The fraction of sp³-hybridized carbons (Fsp3) is 0.625. The summed E-state index contributed by atoms with van der Waals surface area (Å²) in [6.45, 7) is 9.54. The molecule has 1 rings (SSSR count). The maximum absolute atomic E-state index is 10.5. The van der Waals surface area contributed by atoms with Crippen molar-refractivity contribution in [3.63, 3.8) is 0 Å². The van der Waals surface area contributed by atoms with E-state index in [9.17, 15) is 5.11 Å². The van der Waals surface area contributed by atoms with Crippen LogP contribution in [0, 0.1) is 5.92 Å². The summed E-state index contributed by atoms with van der Waals surface area (Å²) >= 11 is 0. The molecule has 0 spiro atoms. The van der Waals surface area contributed by atoms with Crippen molar-refractivity contribution in [3.05, 3.63) is 35.4 Å². The summed E-state index contributed by atoms with van der Waals surface area (Å²) in [5.74, 6) is 0.414. The number of aryl methyl sites for hydroxylation is 1. The summed E-state index contributed by atoms with van der Waals surface area (Å²) in [7, 11) is 0. The van der Waals surface area contributed by atoms with Crippen molar-refractivity contribution in [1.82, 2.24) is 5.32 Å². The van der Waals surface area contributed by atoms with E-state index < -0.39 is 6.10 Å². The van der Waals surface area contributed by atoms with Crippen LogP contribution in [0.25, 0.3) is 0 Å². The number of aliphatic hydroxyl groups is 1. The second-order valence-electron chi connectivity index (χ2n) is 5.26. The van der Waals surface area contributed by atoms with Gasteiger partial charge in [-0.05, 0) is 36.4 Å². The van der Waals surface area contributed by atoms with Crippen LogP contribution >= 0.6 is 0 Å². The Morgan fingerprint density at radius 1 is 1.11 bits per heavy atom. The summed E-state index contributed by atoms with van der Waals surface area (Å²) in [6, 6.07) is 8.43. The van der Waals surface area contributed by atoms with Gasteiger partial charge in [-0.15, -0.1) is 0 Å². The van der Waals surface area contributed by atoms with Gasteiger partial charge in [0.1, 0.15) is 0 Å². The zero-order chi connectivity index (χ0) is 13.5. The van der Waals surface area contributed by atoms with Crippen LogP contribution in [0.1, 0.15) is 51.3 Å². The minimum atomic E-state index is -0.428. The molecular weight excluding hydrogens is 222 g/mol. The smallest absolute Gasteiger partial charge is 0.0945 e. The highest BCUT2D eigenvalue weighted by molar-refractivity contribution is 5.25. The SMILES string of the molecule is CCCNC(C(C)C)C(O)c1ccc(CC)cc1. The van der Waals surface area contributed by atoms with Crippen molar-refractivity contribution < 1.29 is 5.11 Å². The molecule has 2 nitrogen and oxygen atoms in total. The van der Waals surface area contributed by atoms with E-state index in [4.69, 9.17) is 0 Å². The van der Waals surface area contributed by atoms with Crippen molar-refractivity contribution >= 4 is 0 Å². The molecule has 102 valence electrons. The van der Waals surface area contributed by atoms with Gasteiger partial charge in [0, 0.05) is 6.04 Å². The van der Waals surface area contributed by atoms with Crippen LogP contribution in [0.4, 0.5) is 0 Å². The van der Waals surface area contributed by atoms with Gasteiger partial charge < -0.3 is 10.4 Å². The predicted molar refractivity (Wildman–Crippen MR) is 77.7 cm³/mol. The molecule has 0 aliphatic heterocycles. The Bertz CT molecular complexity index is 331. The Labute approximate surface area is 111 Å². The minimum absolute atomic E-state index is 0.123. The van der Waals surface area contributed by atoms with Crippen molar-refractivity contribution in [1.29, 1.82) is 0 Å². The first-order valence-electron chi connectivity index (χ1n) is 7.10. The summed E-state index contributed by atoms with van der Waals surface area (Å²) in [6.07, 6.45) is 1.70. The highest BCUT2D eigenvalue weighted by Crippen LogP contribution is 2.22. The van der Waals surface area contributed by atoms with E-state index in [-0.39, 0.29) is 6.04 Å². The van der Waals surface area contributed by atoms with Gasteiger partial charge in [0.05, 0.1) is 6.10 Å². The third-order valence-electron chi connectivity index (χ3n) is 3.42. The van der Waals surface area contributed by atoms with E-state index in [2.05, 4.69) is 45.1 Å². The zero-order valence-corrected chi connectivity index (χ0v) is 12.1. The van der Waals surface area contributed by atoms with E-state index >= 15 is 0 Å². The summed E-state index contributed by atoms with van der Waals surface area (Å²) in [5.41, 5.74) is 2.32. The van der Waals surface area contributed by atoms with Gasteiger partial charge in [0.15, 0.2) is 0 Å². The first-order chi connectivity index (χ1) is 8.60.